The highest BCUT2D eigenvalue weighted by Crippen LogP contribution is 2.26. The summed E-state index contributed by atoms with van der Waals surface area (Å²) in [5, 5.41) is 7.68. The van der Waals surface area contributed by atoms with Crippen LogP contribution >= 0.6 is 15.9 Å². The van der Waals surface area contributed by atoms with Crippen molar-refractivity contribution in [1.29, 1.82) is 0 Å². The van der Waals surface area contributed by atoms with Crippen LogP contribution in [-0.4, -0.2) is 34.3 Å². The van der Waals surface area contributed by atoms with Crippen LogP contribution in [0.2, 0.25) is 0 Å². The highest BCUT2D eigenvalue weighted by Gasteiger charge is 2.22. The molecule has 2 N–H and O–H groups in total. The van der Waals surface area contributed by atoms with E-state index in [0.29, 0.717) is 23.8 Å². The van der Waals surface area contributed by atoms with Gasteiger partial charge in [0.2, 0.25) is 17.8 Å². The number of halogens is 1. The van der Waals surface area contributed by atoms with Crippen LogP contribution in [0, 0.1) is 12.8 Å². The van der Waals surface area contributed by atoms with E-state index in [1.807, 2.05) is 36.4 Å². The Hall–Kier alpha value is -3.78. The highest BCUT2D eigenvalue weighted by atomic mass is 79.9. The molecule has 3 aromatic carbocycles. The predicted octanol–water partition coefficient (Wildman–Crippen LogP) is 6.59. The molecule has 0 radical (unpaired) electrons. The maximum atomic E-state index is 4.76. The van der Waals surface area contributed by atoms with Crippen molar-refractivity contribution in [2.75, 3.05) is 28.7 Å². The average Bonchev–Trinajstić information content (AvgIpc) is 2.92. The maximum Gasteiger partial charge on any atom is 0.250 e. The molecule has 8 heteroatoms. The Morgan fingerprint density at radius 3 is 2.32 bits per heavy atom. The summed E-state index contributed by atoms with van der Waals surface area (Å²) in [6.07, 6.45) is 5.07. The molecule has 188 valence electrons. The van der Waals surface area contributed by atoms with Crippen molar-refractivity contribution < 1.29 is 0 Å². The van der Waals surface area contributed by atoms with Crippen molar-refractivity contribution in [3.63, 3.8) is 0 Å². The summed E-state index contributed by atoms with van der Waals surface area (Å²) in [6, 6.07) is 26.8. The topological polar surface area (TPSA) is 78.3 Å². The Morgan fingerprint density at radius 1 is 0.892 bits per heavy atom. The minimum absolute atomic E-state index is 0.402. The molecule has 1 aromatic heterocycles. The lowest BCUT2D eigenvalue weighted by atomic mass is 9.90. The number of hydrogen-bond donors (Lipinski definition) is 2. The van der Waals surface area contributed by atoms with Gasteiger partial charge < -0.3 is 10.2 Å². The summed E-state index contributed by atoms with van der Waals surface area (Å²) >= 11 is 3.46. The molecule has 0 saturated carbocycles. The zero-order valence-corrected chi connectivity index (χ0v) is 22.4. The number of anilines is 4. The summed E-state index contributed by atoms with van der Waals surface area (Å²) in [6.45, 7) is 3.89. The second kappa shape index (κ2) is 12.0. The number of hydrazone groups is 1. The van der Waals surface area contributed by atoms with Gasteiger partial charge in [-0.25, -0.2) is 5.43 Å². The number of aromatic nitrogens is 3. The number of nitrogens with zero attached hydrogens (tertiary/aromatic N) is 5. The first-order valence-corrected chi connectivity index (χ1v) is 13.3. The molecule has 1 fully saturated rings. The first-order chi connectivity index (χ1) is 18.1. The fourth-order valence-electron chi connectivity index (χ4n) is 4.38. The maximum absolute atomic E-state index is 4.76. The molecule has 37 heavy (non-hydrogen) atoms. The number of aryl methyl sites for hydroxylation is 1. The van der Waals surface area contributed by atoms with Crippen LogP contribution in [0.5, 0.6) is 0 Å². The van der Waals surface area contributed by atoms with Gasteiger partial charge in [-0.15, -0.1) is 0 Å². The average molecular weight is 557 g/mol. The van der Waals surface area contributed by atoms with Gasteiger partial charge in [0.25, 0.3) is 0 Å². The Labute approximate surface area is 226 Å². The van der Waals surface area contributed by atoms with Crippen LogP contribution in [0.3, 0.4) is 0 Å². The van der Waals surface area contributed by atoms with Gasteiger partial charge in [0, 0.05) is 23.2 Å². The first-order valence-electron chi connectivity index (χ1n) is 12.5. The van der Waals surface area contributed by atoms with Crippen molar-refractivity contribution in [3.05, 3.63) is 100 Å². The van der Waals surface area contributed by atoms with Gasteiger partial charge in [-0.2, -0.15) is 20.1 Å². The van der Waals surface area contributed by atoms with Crippen molar-refractivity contribution >= 4 is 45.7 Å². The minimum atomic E-state index is 0.402. The second-order valence-corrected chi connectivity index (χ2v) is 10.2. The molecule has 0 spiro atoms. The summed E-state index contributed by atoms with van der Waals surface area (Å²) in [5.41, 5.74) is 7.50. The monoisotopic (exact) mass is 555 g/mol. The van der Waals surface area contributed by atoms with E-state index in [1.165, 1.54) is 11.1 Å². The number of piperidine rings is 1. The van der Waals surface area contributed by atoms with E-state index in [-0.39, 0.29) is 0 Å². The Balaban J connectivity index is 1.31. The number of rotatable bonds is 8. The third-order valence-corrected chi connectivity index (χ3v) is 6.97. The molecule has 1 saturated heterocycles. The van der Waals surface area contributed by atoms with Crippen molar-refractivity contribution in [2.45, 2.75) is 26.2 Å². The quantitative estimate of drug-likeness (QED) is 0.188. The Bertz CT molecular complexity index is 1320. The van der Waals surface area contributed by atoms with Crippen molar-refractivity contribution in [3.8, 4) is 0 Å². The van der Waals surface area contributed by atoms with Gasteiger partial charge in [-0.05, 0) is 67.5 Å². The van der Waals surface area contributed by atoms with Gasteiger partial charge >= 0.3 is 0 Å². The van der Waals surface area contributed by atoms with Crippen LogP contribution in [-0.2, 0) is 6.42 Å². The molecule has 5 rings (SSSR count). The fraction of sp³-hybridized carbons (Fsp3) is 0.241. The smallest absolute Gasteiger partial charge is 0.250 e. The molecule has 0 atom stereocenters. The molecule has 2 heterocycles. The minimum Gasteiger partial charge on any atom is -0.341 e. The molecule has 4 aromatic rings. The zero-order valence-electron chi connectivity index (χ0n) is 20.8. The lowest BCUT2D eigenvalue weighted by molar-refractivity contribution is 0.400. The zero-order chi connectivity index (χ0) is 25.5. The lowest BCUT2D eigenvalue weighted by Crippen LogP contribution is -2.35. The van der Waals surface area contributed by atoms with Gasteiger partial charge in [-0.1, -0.05) is 76.1 Å². The van der Waals surface area contributed by atoms with Crippen LogP contribution in [0.25, 0.3) is 0 Å². The Morgan fingerprint density at radius 2 is 1.59 bits per heavy atom. The van der Waals surface area contributed by atoms with Gasteiger partial charge in [0.15, 0.2) is 0 Å². The number of benzene rings is 3. The fourth-order valence-corrected chi connectivity index (χ4v) is 4.64. The van der Waals surface area contributed by atoms with Gasteiger partial charge in [0.05, 0.1) is 6.21 Å². The van der Waals surface area contributed by atoms with E-state index in [1.54, 1.807) is 6.21 Å². The first kappa shape index (κ1) is 24.9. The van der Waals surface area contributed by atoms with E-state index in [9.17, 15) is 0 Å². The van der Waals surface area contributed by atoms with Crippen LogP contribution in [0.15, 0.2) is 88.4 Å². The number of hydrogen-bond acceptors (Lipinski definition) is 7. The van der Waals surface area contributed by atoms with E-state index in [2.05, 4.69) is 91.0 Å². The highest BCUT2D eigenvalue weighted by molar-refractivity contribution is 9.10. The normalized spacial score (nSPS) is 14.2. The van der Waals surface area contributed by atoms with E-state index >= 15 is 0 Å². The standard InChI is InChI=1S/C29H30BrN7/c1-21-7-13-26(14-8-21)32-27-33-28(36-31-20-24-9-11-25(30)12-10-24)35-29(34-27)37-17-15-23(16-18-37)19-22-5-3-2-4-6-22/h2-14,20,23H,15-19H2,1H3,(H2,32,33,34,35,36). The summed E-state index contributed by atoms with van der Waals surface area (Å²) in [4.78, 5) is 16.3. The van der Waals surface area contributed by atoms with E-state index < -0.39 is 0 Å². The molecule has 0 aliphatic carbocycles. The summed E-state index contributed by atoms with van der Waals surface area (Å²) < 4.78 is 1.03. The molecule has 7 nitrogen and oxygen atoms in total. The molecular formula is C29H30BrN7. The van der Waals surface area contributed by atoms with Crippen molar-refractivity contribution in [1.82, 2.24) is 15.0 Å². The molecule has 0 bridgehead atoms. The molecule has 1 aliphatic rings. The lowest BCUT2D eigenvalue weighted by Gasteiger charge is -2.32. The van der Waals surface area contributed by atoms with Gasteiger partial charge in [0.1, 0.15) is 0 Å². The Kier molecular flexibility index (Phi) is 8.05. The van der Waals surface area contributed by atoms with Crippen LogP contribution in [0.1, 0.15) is 29.5 Å². The van der Waals surface area contributed by atoms with Crippen LogP contribution in [0.4, 0.5) is 23.5 Å². The molecular weight excluding hydrogens is 526 g/mol. The van der Waals surface area contributed by atoms with E-state index in [0.717, 1.165) is 48.1 Å². The third kappa shape index (κ3) is 7.13. The summed E-state index contributed by atoms with van der Waals surface area (Å²) in [5.74, 6) is 2.21. The number of nitrogens with one attached hydrogen (secondary N) is 2. The molecule has 0 unspecified atom stereocenters. The third-order valence-electron chi connectivity index (χ3n) is 6.44. The molecule has 1 aliphatic heterocycles. The molecule has 0 amide bonds. The van der Waals surface area contributed by atoms with Crippen LogP contribution < -0.4 is 15.6 Å². The second-order valence-electron chi connectivity index (χ2n) is 9.32. The SMILES string of the molecule is Cc1ccc(Nc2nc(NN=Cc3ccc(Br)cc3)nc(N3CCC(Cc4ccccc4)CC3)n2)cc1. The van der Waals surface area contributed by atoms with Gasteiger partial charge in [-0.3, -0.25) is 0 Å². The largest absolute Gasteiger partial charge is 0.341 e. The summed E-state index contributed by atoms with van der Waals surface area (Å²) in [7, 11) is 0. The van der Waals surface area contributed by atoms with Crippen molar-refractivity contribution in [2.24, 2.45) is 11.0 Å². The predicted molar refractivity (Wildman–Crippen MR) is 155 cm³/mol. The van der Waals surface area contributed by atoms with E-state index in [4.69, 9.17) is 9.97 Å².